The van der Waals surface area contributed by atoms with E-state index in [1.165, 1.54) is 0 Å². The predicted octanol–water partition coefficient (Wildman–Crippen LogP) is 3.67. The Morgan fingerprint density at radius 3 is 2.44 bits per heavy atom. The van der Waals surface area contributed by atoms with E-state index in [0.717, 1.165) is 28.0 Å². The highest BCUT2D eigenvalue weighted by Crippen LogP contribution is 2.30. The van der Waals surface area contributed by atoms with Gasteiger partial charge in [0, 0.05) is 5.56 Å². The first-order valence-corrected chi connectivity index (χ1v) is 5.53. The first-order valence-electron chi connectivity index (χ1n) is 5.53. The maximum Gasteiger partial charge on any atom is 0.230 e. The fraction of sp³-hybridized carbons (Fsp3) is 0.143. The lowest BCUT2D eigenvalue weighted by Gasteiger charge is -2.00. The smallest absolute Gasteiger partial charge is 0.230 e. The number of hydrogen-bond donors (Lipinski definition) is 1. The van der Waals surface area contributed by atoms with Crippen molar-refractivity contribution in [2.75, 3.05) is 0 Å². The third kappa shape index (κ3) is 1.87. The molecule has 4 nitrogen and oxygen atoms in total. The average Bonchev–Trinajstić information content (AvgIpc) is 2.74. The molecule has 4 heteroatoms. The van der Waals surface area contributed by atoms with Gasteiger partial charge in [0.05, 0.1) is 11.1 Å². The number of aromatic nitrogens is 2. The van der Waals surface area contributed by atoms with Gasteiger partial charge in [-0.2, -0.15) is 4.98 Å². The molecule has 0 amide bonds. The minimum atomic E-state index is 0. The van der Waals surface area contributed by atoms with Crippen molar-refractivity contribution in [1.82, 2.24) is 16.1 Å². The summed E-state index contributed by atoms with van der Waals surface area (Å²) in [6.07, 6.45) is 1.75. The molecule has 0 fully saturated rings. The van der Waals surface area contributed by atoms with Gasteiger partial charge in [-0.15, -0.1) is 0 Å². The van der Waals surface area contributed by atoms with Crippen molar-refractivity contribution in [2.45, 2.75) is 13.8 Å². The minimum absolute atomic E-state index is 0. The number of hydrogen-bond acceptors (Lipinski definition) is 4. The third-order valence-electron chi connectivity index (χ3n) is 2.81. The van der Waals surface area contributed by atoms with Crippen LogP contribution >= 0.6 is 0 Å². The van der Waals surface area contributed by atoms with Crippen LogP contribution in [0.3, 0.4) is 0 Å². The summed E-state index contributed by atoms with van der Waals surface area (Å²) in [4.78, 5) is 8.69. The normalized spacial score (nSPS) is 10.3. The van der Waals surface area contributed by atoms with Gasteiger partial charge in [-0.05, 0) is 19.4 Å². The molecule has 0 atom stereocenters. The van der Waals surface area contributed by atoms with Crippen LogP contribution in [0, 0.1) is 13.8 Å². The molecule has 2 aromatic heterocycles. The molecule has 3 N–H and O–H groups in total. The molecule has 92 valence electrons. The second kappa shape index (κ2) is 4.58. The quantitative estimate of drug-likeness (QED) is 0.705. The molecule has 0 saturated carbocycles. The summed E-state index contributed by atoms with van der Waals surface area (Å²) in [7, 11) is 0. The highest BCUT2D eigenvalue weighted by molar-refractivity contribution is 5.93. The summed E-state index contributed by atoms with van der Waals surface area (Å²) in [6.45, 7) is 3.86. The zero-order valence-corrected chi connectivity index (χ0v) is 10.5. The number of furan rings is 1. The van der Waals surface area contributed by atoms with Gasteiger partial charge in [0.1, 0.15) is 12.1 Å². The lowest BCUT2D eigenvalue weighted by Crippen LogP contribution is -1.91. The lowest BCUT2D eigenvalue weighted by atomic mass is 10.1. The third-order valence-corrected chi connectivity index (χ3v) is 2.81. The summed E-state index contributed by atoms with van der Waals surface area (Å²) in [6, 6.07) is 10.1. The number of nitrogens with zero attached hydrogens (tertiary/aromatic N) is 2. The predicted molar refractivity (Wildman–Crippen MR) is 71.7 cm³/mol. The van der Waals surface area contributed by atoms with E-state index in [-0.39, 0.29) is 6.15 Å². The first kappa shape index (κ1) is 12.3. The first-order chi connectivity index (χ1) is 8.25. The molecule has 2 heterocycles. The molecule has 1 aromatic carbocycles. The Kier molecular flexibility index (Phi) is 3.12. The van der Waals surface area contributed by atoms with Crippen LogP contribution in [0.4, 0.5) is 0 Å². The van der Waals surface area contributed by atoms with Crippen molar-refractivity contribution in [2.24, 2.45) is 0 Å². The monoisotopic (exact) mass is 241 g/mol. The van der Waals surface area contributed by atoms with Crippen LogP contribution in [0.15, 0.2) is 41.0 Å². The summed E-state index contributed by atoms with van der Waals surface area (Å²) in [5.74, 6) is 0.740. The van der Waals surface area contributed by atoms with Crippen LogP contribution in [-0.2, 0) is 0 Å². The van der Waals surface area contributed by atoms with E-state index in [9.17, 15) is 0 Å². The average molecular weight is 241 g/mol. The van der Waals surface area contributed by atoms with Crippen molar-refractivity contribution in [3.8, 4) is 11.1 Å². The van der Waals surface area contributed by atoms with Crippen molar-refractivity contribution >= 4 is 11.1 Å². The Morgan fingerprint density at radius 1 is 1.00 bits per heavy atom. The van der Waals surface area contributed by atoms with Crippen molar-refractivity contribution < 1.29 is 4.42 Å². The Balaban J connectivity index is 0.00000120. The maximum atomic E-state index is 5.51. The summed E-state index contributed by atoms with van der Waals surface area (Å²) >= 11 is 0. The molecule has 0 unspecified atom stereocenters. The van der Waals surface area contributed by atoms with Crippen LogP contribution < -0.4 is 6.15 Å². The van der Waals surface area contributed by atoms with Gasteiger partial charge in [-0.3, -0.25) is 0 Å². The highest BCUT2D eigenvalue weighted by Gasteiger charge is 2.12. The maximum absolute atomic E-state index is 5.51. The van der Waals surface area contributed by atoms with Crippen LogP contribution in [0.1, 0.15) is 11.5 Å². The summed E-state index contributed by atoms with van der Waals surface area (Å²) < 4.78 is 5.51. The van der Waals surface area contributed by atoms with E-state index in [4.69, 9.17) is 4.42 Å². The minimum Gasteiger partial charge on any atom is -0.445 e. The second-order valence-electron chi connectivity index (χ2n) is 4.05. The zero-order valence-electron chi connectivity index (χ0n) is 10.5. The molecule has 0 bridgehead atoms. The van der Waals surface area contributed by atoms with Crippen LogP contribution in [-0.4, -0.2) is 9.97 Å². The number of rotatable bonds is 1. The second-order valence-corrected chi connectivity index (χ2v) is 4.05. The molecule has 0 aliphatic rings. The lowest BCUT2D eigenvalue weighted by molar-refractivity contribution is 0.601. The Bertz CT molecular complexity index is 674. The van der Waals surface area contributed by atoms with Gasteiger partial charge < -0.3 is 10.6 Å². The molecule has 0 saturated heterocycles. The SMILES string of the molecule is Cc1nc(C)c2c(-c3ccccc3)coc2n1.N. The van der Waals surface area contributed by atoms with Crippen LogP contribution in [0.25, 0.3) is 22.2 Å². The molecule has 0 spiro atoms. The van der Waals surface area contributed by atoms with Gasteiger partial charge in [-0.1, -0.05) is 30.3 Å². The molecule has 0 aliphatic carbocycles. The summed E-state index contributed by atoms with van der Waals surface area (Å²) in [5.41, 5.74) is 3.80. The van der Waals surface area contributed by atoms with Crippen molar-refractivity contribution in [1.29, 1.82) is 0 Å². The molecule has 3 rings (SSSR count). The van der Waals surface area contributed by atoms with E-state index >= 15 is 0 Å². The number of aryl methyl sites for hydroxylation is 2. The largest absolute Gasteiger partial charge is 0.445 e. The fourth-order valence-corrected chi connectivity index (χ4v) is 2.08. The van der Waals surface area contributed by atoms with Crippen molar-refractivity contribution in [3.05, 3.63) is 48.1 Å². The number of benzene rings is 1. The van der Waals surface area contributed by atoms with E-state index in [1.54, 1.807) is 6.26 Å². The van der Waals surface area contributed by atoms with Crippen LogP contribution in [0.5, 0.6) is 0 Å². The Labute approximate surface area is 105 Å². The van der Waals surface area contributed by atoms with E-state index in [2.05, 4.69) is 22.1 Å². The van der Waals surface area contributed by atoms with Gasteiger partial charge in [0.15, 0.2) is 0 Å². The van der Waals surface area contributed by atoms with E-state index in [0.29, 0.717) is 5.71 Å². The Morgan fingerprint density at radius 2 is 1.72 bits per heavy atom. The van der Waals surface area contributed by atoms with Gasteiger partial charge in [-0.25, -0.2) is 4.98 Å². The van der Waals surface area contributed by atoms with Gasteiger partial charge in [0.25, 0.3) is 0 Å². The number of fused-ring (bicyclic) bond motifs is 1. The topological polar surface area (TPSA) is 73.9 Å². The van der Waals surface area contributed by atoms with E-state index in [1.807, 2.05) is 32.0 Å². The zero-order chi connectivity index (χ0) is 11.8. The molecule has 0 aliphatic heterocycles. The highest BCUT2D eigenvalue weighted by atomic mass is 16.3. The van der Waals surface area contributed by atoms with Crippen molar-refractivity contribution in [3.63, 3.8) is 0 Å². The van der Waals surface area contributed by atoms with Gasteiger partial charge in [0.2, 0.25) is 5.71 Å². The van der Waals surface area contributed by atoms with E-state index < -0.39 is 0 Å². The van der Waals surface area contributed by atoms with Crippen LogP contribution in [0.2, 0.25) is 0 Å². The molecule has 0 radical (unpaired) electrons. The molecular formula is C14H15N3O. The Hall–Kier alpha value is -2.20. The molecule has 3 aromatic rings. The summed E-state index contributed by atoms with van der Waals surface area (Å²) in [5, 5.41) is 1.00. The molecular weight excluding hydrogens is 226 g/mol. The molecule has 18 heavy (non-hydrogen) atoms. The standard InChI is InChI=1S/C14H12N2O.H3N/c1-9-13-12(11-6-4-3-5-7-11)8-17-14(13)16-10(2)15-9;/h3-8H,1-2H3;1H3. The fourth-order valence-electron chi connectivity index (χ4n) is 2.08. The van der Waals surface area contributed by atoms with Gasteiger partial charge >= 0.3 is 0 Å².